The molecule has 0 bridgehead atoms. The Morgan fingerprint density at radius 2 is 1.96 bits per heavy atom. The normalized spacial score (nSPS) is 25.8. The minimum atomic E-state index is -0.925. The van der Waals surface area contributed by atoms with Crippen LogP contribution in [0.15, 0.2) is 35.9 Å². The Kier molecular flexibility index (Phi) is 4.92. The van der Waals surface area contributed by atoms with E-state index in [0.29, 0.717) is 23.8 Å². The highest BCUT2D eigenvalue weighted by molar-refractivity contribution is 5.98. The number of rotatable bonds is 5. The number of carbonyl (C=O) groups is 1. The van der Waals surface area contributed by atoms with E-state index in [1.54, 1.807) is 5.17 Å². The average molecular weight is 330 g/mol. The van der Waals surface area contributed by atoms with Crippen LogP contribution >= 0.6 is 0 Å². The lowest BCUT2D eigenvalue weighted by atomic mass is 9.87. The van der Waals surface area contributed by atoms with Gasteiger partial charge in [-0.3, -0.25) is 0 Å². The first kappa shape index (κ1) is 17.0. The molecule has 0 radical (unpaired) electrons. The van der Waals surface area contributed by atoms with Gasteiger partial charge in [-0.25, -0.2) is 10.2 Å². The van der Waals surface area contributed by atoms with Gasteiger partial charge in [0.05, 0.1) is 0 Å². The maximum atomic E-state index is 12.0. The highest BCUT2D eigenvalue weighted by Gasteiger charge is 2.49. The molecule has 2 N–H and O–H groups in total. The molecule has 130 valence electrons. The van der Waals surface area contributed by atoms with Crippen molar-refractivity contribution < 1.29 is 14.7 Å². The standard InChI is InChI=1S/C19H26N2O3/c1-3-19(2)16(18(22)23)17(14-10-6-4-7-11-14)24-21(19)20-15-12-8-5-9-13-15/h4,6-7,10-11,15,20H,3,5,8-9,12-13H2,1-2H3,(H,22,23). The minimum absolute atomic E-state index is 0.319. The Bertz CT molecular complexity index is 623. The van der Waals surface area contributed by atoms with E-state index in [-0.39, 0.29) is 0 Å². The van der Waals surface area contributed by atoms with Gasteiger partial charge >= 0.3 is 5.97 Å². The van der Waals surface area contributed by atoms with E-state index in [4.69, 9.17) is 4.84 Å². The van der Waals surface area contributed by atoms with Crippen molar-refractivity contribution in [1.82, 2.24) is 10.6 Å². The Morgan fingerprint density at radius 3 is 2.54 bits per heavy atom. The van der Waals surface area contributed by atoms with Crippen molar-refractivity contribution in [3.05, 3.63) is 41.5 Å². The molecule has 1 aromatic rings. The van der Waals surface area contributed by atoms with Crippen molar-refractivity contribution in [2.45, 2.75) is 64.0 Å². The average Bonchev–Trinajstić information content (AvgIpc) is 2.90. The third kappa shape index (κ3) is 3.06. The topological polar surface area (TPSA) is 61.8 Å². The van der Waals surface area contributed by atoms with Crippen molar-refractivity contribution in [2.24, 2.45) is 0 Å². The molecule has 2 aliphatic rings. The summed E-state index contributed by atoms with van der Waals surface area (Å²) in [6.45, 7) is 3.93. The molecule has 1 atom stereocenters. The zero-order chi connectivity index (χ0) is 17.2. The first-order valence-electron chi connectivity index (χ1n) is 8.84. The molecular weight excluding hydrogens is 304 g/mol. The molecule has 5 heteroatoms. The molecule has 1 fully saturated rings. The third-order valence-corrected chi connectivity index (χ3v) is 5.24. The number of hydrogen-bond acceptors (Lipinski definition) is 4. The van der Waals surface area contributed by atoms with Crippen molar-refractivity contribution in [3.63, 3.8) is 0 Å². The molecule has 0 saturated heterocycles. The van der Waals surface area contributed by atoms with Crippen LogP contribution in [0.3, 0.4) is 0 Å². The molecule has 1 aliphatic carbocycles. The van der Waals surface area contributed by atoms with Gasteiger partial charge in [0.2, 0.25) is 0 Å². The van der Waals surface area contributed by atoms with Crippen LogP contribution in [-0.2, 0) is 9.63 Å². The summed E-state index contributed by atoms with van der Waals surface area (Å²) in [6, 6.07) is 9.82. The smallest absolute Gasteiger partial charge is 0.337 e. The van der Waals surface area contributed by atoms with Gasteiger partial charge in [-0.1, -0.05) is 61.7 Å². The number of aliphatic carboxylic acids is 1. The van der Waals surface area contributed by atoms with Gasteiger partial charge in [0, 0.05) is 11.6 Å². The predicted molar refractivity (Wildman–Crippen MR) is 92.6 cm³/mol. The lowest BCUT2D eigenvalue weighted by Gasteiger charge is -2.36. The summed E-state index contributed by atoms with van der Waals surface area (Å²) in [6.07, 6.45) is 6.53. The molecule has 1 aromatic carbocycles. The maximum Gasteiger partial charge on any atom is 0.337 e. The number of nitrogens with zero attached hydrogens (tertiary/aromatic N) is 1. The highest BCUT2D eigenvalue weighted by atomic mass is 16.7. The van der Waals surface area contributed by atoms with Gasteiger partial charge in [0.15, 0.2) is 5.76 Å². The van der Waals surface area contributed by atoms with Crippen LogP contribution in [0.5, 0.6) is 0 Å². The monoisotopic (exact) mass is 330 g/mol. The van der Waals surface area contributed by atoms with Gasteiger partial charge in [-0.05, 0) is 26.2 Å². The molecule has 0 aromatic heterocycles. The van der Waals surface area contributed by atoms with E-state index in [1.165, 1.54) is 19.3 Å². The molecule has 0 amide bonds. The SMILES string of the molecule is CCC1(C)C(C(=O)O)=C(c2ccccc2)ON1NC1CCCCC1. The molecule has 0 spiro atoms. The summed E-state index contributed by atoms with van der Waals surface area (Å²) in [5.41, 5.74) is 3.86. The zero-order valence-electron chi connectivity index (χ0n) is 14.4. The van der Waals surface area contributed by atoms with Crippen LogP contribution in [0.4, 0.5) is 0 Å². The third-order valence-electron chi connectivity index (χ3n) is 5.24. The van der Waals surface area contributed by atoms with E-state index in [2.05, 4.69) is 5.43 Å². The molecule has 1 unspecified atom stereocenters. The van der Waals surface area contributed by atoms with Crippen LogP contribution in [0.1, 0.15) is 57.9 Å². The molecular formula is C19H26N2O3. The van der Waals surface area contributed by atoms with Gasteiger partial charge in [0.1, 0.15) is 11.1 Å². The fourth-order valence-electron chi connectivity index (χ4n) is 3.58. The van der Waals surface area contributed by atoms with Crippen LogP contribution in [-0.4, -0.2) is 27.8 Å². The quantitative estimate of drug-likeness (QED) is 0.861. The first-order chi connectivity index (χ1) is 11.6. The Labute approximate surface area is 143 Å². The van der Waals surface area contributed by atoms with Gasteiger partial charge < -0.3 is 9.94 Å². The van der Waals surface area contributed by atoms with Crippen LogP contribution < -0.4 is 5.43 Å². The fourth-order valence-corrected chi connectivity index (χ4v) is 3.58. The lowest BCUT2D eigenvalue weighted by molar-refractivity contribution is -0.183. The number of benzene rings is 1. The number of hydroxylamine groups is 1. The van der Waals surface area contributed by atoms with Crippen molar-refractivity contribution in [3.8, 4) is 0 Å². The zero-order valence-corrected chi connectivity index (χ0v) is 14.4. The summed E-state index contributed by atoms with van der Waals surface area (Å²) in [5, 5.41) is 11.5. The largest absolute Gasteiger partial charge is 0.478 e. The van der Waals surface area contributed by atoms with E-state index < -0.39 is 11.5 Å². The molecule has 3 rings (SSSR count). The molecule has 1 saturated carbocycles. The van der Waals surface area contributed by atoms with Crippen molar-refractivity contribution >= 4 is 11.7 Å². The van der Waals surface area contributed by atoms with Crippen molar-refractivity contribution in [2.75, 3.05) is 0 Å². The van der Waals surface area contributed by atoms with E-state index in [1.807, 2.05) is 44.2 Å². The van der Waals surface area contributed by atoms with Crippen LogP contribution in [0.2, 0.25) is 0 Å². The highest BCUT2D eigenvalue weighted by Crippen LogP contribution is 2.41. The summed E-state index contributed by atoms with van der Waals surface area (Å²) in [5.74, 6) is -0.484. The summed E-state index contributed by atoms with van der Waals surface area (Å²) < 4.78 is 0. The molecule has 1 aliphatic heterocycles. The van der Waals surface area contributed by atoms with E-state index in [0.717, 1.165) is 18.4 Å². The molecule has 24 heavy (non-hydrogen) atoms. The Morgan fingerprint density at radius 1 is 1.29 bits per heavy atom. The predicted octanol–water partition coefficient (Wildman–Crippen LogP) is 3.74. The molecule has 5 nitrogen and oxygen atoms in total. The number of nitrogens with one attached hydrogen (secondary N) is 1. The summed E-state index contributed by atoms with van der Waals surface area (Å²) in [7, 11) is 0. The number of hydrazine groups is 1. The maximum absolute atomic E-state index is 12.0. The van der Waals surface area contributed by atoms with E-state index >= 15 is 0 Å². The summed E-state index contributed by atoms with van der Waals surface area (Å²) >= 11 is 0. The van der Waals surface area contributed by atoms with Crippen LogP contribution in [0.25, 0.3) is 5.76 Å². The van der Waals surface area contributed by atoms with E-state index in [9.17, 15) is 9.90 Å². The number of hydrogen-bond donors (Lipinski definition) is 2. The summed E-state index contributed by atoms with van der Waals surface area (Å²) in [4.78, 5) is 18.1. The van der Waals surface area contributed by atoms with Crippen LogP contribution in [0, 0.1) is 0 Å². The van der Waals surface area contributed by atoms with Gasteiger partial charge in [-0.2, -0.15) is 0 Å². The van der Waals surface area contributed by atoms with Crippen molar-refractivity contribution in [1.29, 1.82) is 0 Å². The second kappa shape index (κ2) is 6.95. The first-order valence-corrected chi connectivity index (χ1v) is 8.84. The fraction of sp³-hybridized carbons (Fsp3) is 0.526. The minimum Gasteiger partial charge on any atom is -0.478 e. The number of carboxylic acids is 1. The number of carboxylic acid groups (broad SMARTS) is 1. The Balaban J connectivity index is 1.93. The Hall–Kier alpha value is -1.85. The second-order valence-electron chi connectivity index (χ2n) is 6.85. The van der Waals surface area contributed by atoms with Gasteiger partial charge in [0.25, 0.3) is 0 Å². The second-order valence-corrected chi connectivity index (χ2v) is 6.85. The lowest BCUT2D eigenvalue weighted by Crippen LogP contribution is -2.55. The molecule has 1 heterocycles. The van der Waals surface area contributed by atoms with Gasteiger partial charge in [-0.15, -0.1) is 0 Å².